The van der Waals surface area contributed by atoms with E-state index >= 15 is 0 Å². The standard InChI is InChI=1S/C39H29N5O/c1-22-7-5-8-23(2)36(22)35-21-42-39-33-20-27(10-12-28(33)30-9-6-14-40-38(30)44(35)39)45-26-11-13-29-31-17-24(3)25(4)18-34(31)43-16-15-41-37(43)32(29)19-26/h5-21H,1-4H3. The van der Waals surface area contributed by atoms with Crippen molar-refractivity contribution in [3.05, 3.63) is 126 Å². The van der Waals surface area contributed by atoms with Gasteiger partial charge in [-0.2, -0.15) is 0 Å². The van der Waals surface area contributed by atoms with E-state index < -0.39 is 0 Å². The molecule has 0 aliphatic carbocycles. The lowest BCUT2D eigenvalue weighted by atomic mass is 10.0. The van der Waals surface area contributed by atoms with Crippen LogP contribution in [0.3, 0.4) is 0 Å². The Bertz CT molecular complexity index is 2660. The Morgan fingerprint density at radius 2 is 1.20 bits per heavy atom. The summed E-state index contributed by atoms with van der Waals surface area (Å²) in [5, 5.41) is 6.60. The van der Waals surface area contributed by atoms with Crippen LogP contribution in [0.15, 0.2) is 104 Å². The van der Waals surface area contributed by atoms with E-state index in [-0.39, 0.29) is 0 Å². The summed E-state index contributed by atoms with van der Waals surface area (Å²) in [7, 11) is 0. The highest BCUT2D eigenvalue weighted by Gasteiger charge is 2.18. The Balaban J connectivity index is 1.23. The number of imidazole rings is 2. The summed E-state index contributed by atoms with van der Waals surface area (Å²) in [4.78, 5) is 14.5. The fourth-order valence-corrected chi connectivity index (χ4v) is 7.00. The van der Waals surface area contributed by atoms with E-state index in [9.17, 15) is 0 Å². The van der Waals surface area contributed by atoms with Crippen LogP contribution in [-0.4, -0.2) is 23.8 Å². The Hall–Kier alpha value is -5.75. The van der Waals surface area contributed by atoms with Crippen LogP contribution in [0.25, 0.3) is 66.0 Å². The van der Waals surface area contributed by atoms with Gasteiger partial charge in [0, 0.05) is 45.7 Å². The Morgan fingerprint density at radius 1 is 0.533 bits per heavy atom. The molecule has 0 atom stereocenters. The molecule has 0 bridgehead atoms. The van der Waals surface area contributed by atoms with Crippen LogP contribution < -0.4 is 4.74 Å². The van der Waals surface area contributed by atoms with Crippen molar-refractivity contribution in [3.8, 4) is 22.8 Å². The molecule has 9 aromatic rings. The van der Waals surface area contributed by atoms with Crippen molar-refractivity contribution < 1.29 is 4.74 Å². The minimum atomic E-state index is 0.746. The number of ether oxygens (including phenoxy) is 1. The third kappa shape index (κ3) is 3.72. The maximum atomic E-state index is 6.58. The van der Waals surface area contributed by atoms with Gasteiger partial charge >= 0.3 is 0 Å². The summed E-state index contributed by atoms with van der Waals surface area (Å²) in [5.74, 6) is 1.50. The highest BCUT2D eigenvalue weighted by atomic mass is 16.5. The lowest BCUT2D eigenvalue weighted by Crippen LogP contribution is -1.98. The number of aryl methyl sites for hydroxylation is 4. The van der Waals surface area contributed by atoms with E-state index in [0.29, 0.717) is 0 Å². The smallest absolute Gasteiger partial charge is 0.146 e. The zero-order valence-corrected chi connectivity index (χ0v) is 25.5. The summed E-state index contributed by atoms with van der Waals surface area (Å²) in [6, 6.07) is 27.6. The van der Waals surface area contributed by atoms with Crippen molar-refractivity contribution in [3.63, 3.8) is 0 Å². The number of benzene rings is 4. The van der Waals surface area contributed by atoms with E-state index in [0.717, 1.165) is 66.6 Å². The van der Waals surface area contributed by atoms with E-state index in [2.05, 4.69) is 103 Å². The molecule has 216 valence electrons. The van der Waals surface area contributed by atoms with Gasteiger partial charge in [-0.3, -0.25) is 8.80 Å². The maximum Gasteiger partial charge on any atom is 0.146 e. The van der Waals surface area contributed by atoms with E-state index in [4.69, 9.17) is 19.7 Å². The molecular weight excluding hydrogens is 554 g/mol. The second-order valence-corrected chi connectivity index (χ2v) is 12.0. The Labute approximate surface area is 259 Å². The van der Waals surface area contributed by atoms with Gasteiger partial charge in [-0.05, 0) is 121 Å². The zero-order valence-electron chi connectivity index (χ0n) is 25.5. The Kier molecular flexibility index (Phi) is 5.36. The third-order valence-corrected chi connectivity index (χ3v) is 9.29. The summed E-state index contributed by atoms with van der Waals surface area (Å²) < 4.78 is 10.9. The van der Waals surface area contributed by atoms with Crippen molar-refractivity contribution in [2.75, 3.05) is 0 Å². The number of hydrogen-bond acceptors (Lipinski definition) is 4. The van der Waals surface area contributed by atoms with Crippen molar-refractivity contribution in [2.45, 2.75) is 27.7 Å². The fourth-order valence-electron chi connectivity index (χ4n) is 7.00. The molecule has 4 aromatic carbocycles. The average molecular weight is 584 g/mol. The third-order valence-electron chi connectivity index (χ3n) is 9.29. The predicted molar refractivity (Wildman–Crippen MR) is 183 cm³/mol. The second-order valence-electron chi connectivity index (χ2n) is 12.0. The van der Waals surface area contributed by atoms with Gasteiger partial charge in [-0.1, -0.05) is 18.2 Å². The molecule has 0 unspecified atom stereocenters. The van der Waals surface area contributed by atoms with Crippen LogP contribution in [-0.2, 0) is 0 Å². The minimum Gasteiger partial charge on any atom is -0.457 e. The van der Waals surface area contributed by atoms with Gasteiger partial charge in [0.1, 0.15) is 28.4 Å². The number of fused-ring (bicyclic) bond motifs is 12. The van der Waals surface area contributed by atoms with Crippen molar-refractivity contribution in [1.29, 1.82) is 0 Å². The largest absolute Gasteiger partial charge is 0.457 e. The molecule has 6 heteroatoms. The fraction of sp³-hybridized carbons (Fsp3) is 0.103. The first-order valence-electron chi connectivity index (χ1n) is 15.2. The van der Waals surface area contributed by atoms with Crippen molar-refractivity contribution in [1.82, 2.24) is 23.8 Å². The molecule has 0 aliphatic rings. The van der Waals surface area contributed by atoms with Crippen molar-refractivity contribution in [2.24, 2.45) is 0 Å². The van der Waals surface area contributed by atoms with Crippen LogP contribution in [0, 0.1) is 27.7 Å². The lowest BCUT2D eigenvalue weighted by Gasteiger charge is -2.14. The normalized spacial score (nSPS) is 12.0. The monoisotopic (exact) mass is 583 g/mol. The minimum absolute atomic E-state index is 0.746. The molecular formula is C39H29N5O. The summed E-state index contributed by atoms with van der Waals surface area (Å²) >= 11 is 0. The first-order valence-corrected chi connectivity index (χ1v) is 15.2. The highest BCUT2D eigenvalue weighted by Crippen LogP contribution is 2.38. The molecule has 0 N–H and O–H groups in total. The molecule has 0 spiro atoms. The van der Waals surface area contributed by atoms with E-state index in [1.165, 1.54) is 33.2 Å². The van der Waals surface area contributed by atoms with Crippen LogP contribution in [0.5, 0.6) is 11.5 Å². The number of rotatable bonds is 3. The van der Waals surface area contributed by atoms with Crippen LogP contribution >= 0.6 is 0 Å². The average Bonchev–Trinajstić information content (AvgIpc) is 3.71. The topological polar surface area (TPSA) is 56.7 Å². The number of nitrogens with zero attached hydrogens (tertiary/aromatic N) is 5. The van der Waals surface area contributed by atoms with Crippen LogP contribution in [0.2, 0.25) is 0 Å². The molecule has 0 saturated heterocycles. The molecule has 0 fully saturated rings. The van der Waals surface area contributed by atoms with Gasteiger partial charge in [0.05, 0.1) is 17.4 Å². The molecule has 0 aliphatic heterocycles. The summed E-state index contributed by atoms with van der Waals surface area (Å²) in [6.07, 6.45) is 7.71. The SMILES string of the molecule is Cc1cc2c3ccc(Oc4ccc5c6cccnc6n6c(-c7c(C)cccc7C)cnc6c5c4)cc3c3nccn3c2cc1C. The zero-order chi connectivity index (χ0) is 30.4. The molecule has 6 nitrogen and oxygen atoms in total. The molecule has 0 saturated carbocycles. The Morgan fingerprint density at radius 3 is 1.98 bits per heavy atom. The number of aromatic nitrogens is 5. The molecule has 5 heterocycles. The molecule has 5 aromatic heterocycles. The molecule has 45 heavy (non-hydrogen) atoms. The summed E-state index contributed by atoms with van der Waals surface area (Å²) in [5.41, 5.74) is 11.0. The highest BCUT2D eigenvalue weighted by molar-refractivity contribution is 6.13. The van der Waals surface area contributed by atoms with Gasteiger partial charge in [0.25, 0.3) is 0 Å². The first kappa shape index (κ1) is 25.7. The lowest BCUT2D eigenvalue weighted by molar-refractivity contribution is 0.484. The second kappa shape index (κ2) is 9.37. The van der Waals surface area contributed by atoms with E-state index in [1.807, 2.05) is 36.9 Å². The summed E-state index contributed by atoms with van der Waals surface area (Å²) in [6.45, 7) is 8.62. The van der Waals surface area contributed by atoms with Crippen LogP contribution in [0.1, 0.15) is 22.3 Å². The maximum absolute atomic E-state index is 6.58. The van der Waals surface area contributed by atoms with Gasteiger partial charge in [0.2, 0.25) is 0 Å². The van der Waals surface area contributed by atoms with Crippen molar-refractivity contribution >= 4 is 54.8 Å². The molecule has 0 amide bonds. The van der Waals surface area contributed by atoms with Gasteiger partial charge in [-0.15, -0.1) is 0 Å². The van der Waals surface area contributed by atoms with Gasteiger partial charge in [0.15, 0.2) is 0 Å². The van der Waals surface area contributed by atoms with Gasteiger partial charge < -0.3 is 4.74 Å². The molecule has 0 radical (unpaired) electrons. The number of hydrogen-bond donors (Lipinski definition) is 0. The molecule has 9 rings (SSSR count). The quantitative estimate of drug-likeness (QED) is 0.194. The van der Waals surface area contributed by atoms with Crippen LogP contribution in [0.4, 0.5) is 0 Å². The predicted octanol–water partition coefficient (Wildman–Crippen LogP) is 9.68. The number of pyridine rings is 3. The van der Waals surface area contributed by atoms with Gasteiger partial charge in [-0.25, -0.2) is 15.0 Å². The first-order chi connectivity index (χ1) is 22.0. The van der Waals surface area contributed by atoms with E-state index in [1.54, 1.807) is 0 Å².